The summed E-state index contributed by atoms with van der Waals surface area (Å²) in [6.45, 7) is 9.10. The minimum atomic E-state index is -0.990. The Morgan fingerprint density at radius 1 is 0.966 bits per heavy atom. The third kappa shape index (κ3) is 6.42. The first-order valence-corrected chi connectivity index (χ1v) is 9.48. The lowest BCUT2D eigenvalue weighted by Crippen LogP contribution is -2.31. The fourth-order valence-corrected chi connectivity index (χ4v) is 2.70. The highest BCUT2D eigenvalue weighted by molar-refractivity contribution is 6.03. The van der Waals surface area contributed by atoms with Crippen LogP contribution in [0.25, 0.3) is 6.08 Å². The van der Waals surface area contributed by atoms with Crippen molar-refractivity contribution in [1.82, 2.24) is 5.32 Å². The van der Waals surface area contributed by atoms with E-state index >= 15 is 0 Å². The van der Waals surface area contributed by atoms with Crippen LogP contribution in [0.2, 0.25) is 0 Å². The number of benzene rings is 2. The maximum Gasteiger partial charge on any atom is 0.355 e. The summed E-state index contributed by atoms with van der Waals surface area (Å²) in [7, 11) is 0. The van der Waals surface area contributed by atoms with E-state index in [0.717, 1.165) is 11.1 Å². The number of rotatable bonds is 6. The number of carbonyl (C=O) groups excluding carboxylic acids is 3. The molecule has 0 fully saturated rings. The second-order valence-corrected chi connectivity index (χ2v) is 7.89. The average molecular weight is 393 g/mol. The highest BCUT2D eigenvalue weighted by Gasteiger charge is 2.23. The molecule has 0 aliphatic rings. The van der Waals surface area contributed by atoms with Gasteiger partial charge in [0.25, 0.3) is 0 Å². The number of ketones is 1. The van der Waals surface area contributed by atoms with Gasteiger partial charge in [-0.15, -0.1) is 0 Å². The Hall–Kier alpha value is -3.21. The average Bonchev–Trinajstić information content (AvgIpc) is 2.66. The first-order chi connectivity index (χ1) is 13.6. The molecule has 2 rings (SSSR count). The van der Waals surface area contributed by atoms with Gasteiger partial charge in [-0.25, -0.2) is 4.79 Å². The van der Waals surface area contributed by atoms with Crippen LogP contribution in [0.5, 0.6) is 0 Å². The number of hydrogen-bond acceptors (Lipinski definition) is 4. The highest BCUT2D eigenvalue weighted by Crippen LogP contribution is 2.22. The van der Waals surface area contributed by atoms with Crippen molar-refractivity contribution in [3.63, 3.8) is 0 Å². The first-order valence-electron chi connectivity index (χ1n) is 9.48. The number of nitrogens with one attached hydrogen (secondary N) is 1. The second-order valence-electron chi connectivity index (χ2n) is 7.89. The summed E-state index contributed by atoms with van der Waals surface area (Å²) in [6, 6.07) is 16.3. The molecule has 152 valence electrons. The highest BCUT2D eigenvalue weighted by atomic mass is 16.5. The predicted octanol–water partition coefficient (Wildman–Crippen LogP) is 4.28. The summed E-state index contributed by atoms with van der Waals surface area (Å²) in [5.74, 6) is -1.47. The van der Waals surface area contributed by atoms with Crippen molar-refractivity contribution < 1.29 is 19.1 Å². The molecule has 1 N–H and O–H groups in total. The van der Waals surface area contributed by atoms with Crippen molar-refractivity contribution in [3.8, 4) is 0 Å². The molecular formula is C24H27NO4. The zero-order chi connectivity index (χ0) is 21.6. The second kappa shape index (κ2) is 9.32. The Bertz CT molecular complexity index is 906. The monoisotopic (exact) mass is 393 g/mol. The topological polar surface area (TPSA) is 72.5 Å². The maximum atomic E-state index is 12.7. The Kier molecular flexibility index (Phi) is 7.10. The Morgan fingerprint density at radius 3 is 2.07 bits per heavy atom. The lowest BCUT2D eigenvalue weighted by atomic mass is 9.86. The van der Waals surface area contributed by atoms with E-state index in [1.807, 2.05) is 30.3 Å². The number of esters is 1. The zero-order valence-electron chi connectivity index (χ0n) is 17.5. The molecule has 1 atom stereocenters. The van der Waals surface area contributed by atoms with Crippen molar-refractivity contribution in [2.75, 3.05) is 0 Å². The lowest BCUT2D eigenvalue weighted by molar-refractivity contribution is -0.142. The van der Waals surface area contributed by atoms with Gasteiger partial charge in [-0.3, -0.25) is 9.59 Å². The molecule has 5 nitrogen and oxygen atoms in total. The van der Waals surface area contributed by atoms with Gasteiger partial charge in [0.15, 0.2) is 6.10 Å². The number of carbonyl (C=O) groups is 3. The first kappa shape index (κ1) is 22.1. The fourth-order valence-electron chi connectivity index (χ4n) is 2.70. The molecule has 0 aliphatic heterocycles. The Labute approximate surface area is 171 Å². The fraction of sp³-hybridized carbons (Fsp3) is 0.292. The van der Waals surface area contributed by atoms with Crippen LogP contribution < -0.4 is 5.32 Å². The number of hydrogen-bond donors (Lipinski definition) is 1. The van der Waals surface area contributed by atoms with Crippen molar-refractivity contribution in [2.24, 2.45) is 0 Å². The Morgan fingerprint density at radius 2 is 1.55 bits per heavy atom. The summed E-state index contributed by atoms with van der Waals surface area (Å²) in [5.41, 5.74) is 2.26. The van der Waals surface area contributed by atoms with E-state index in [4.69, 9.17) is 4.74 Å². The minimum Gasteiger partial charge on any atom is -0.450 e. The molecule has 2 aromatic rings. The van der Waals surface area contributed by atoms with E-state index in [1.54, 1.807) is 24.3 Å². The molecule has 0 bridgehead atoms. The van der Waals surface area contributed by atoms with Gasteiger partial charge in [0.05, 0.1) is 0 Å². The molecule has 0 saturated carbocycles. The molecule has 0 unspecified atom stereocenters. The van der Waals surface area contributed by atoms with E-state index in [-0.39, 0.29) is 16.9 Å². The largest absolute Gasteiger partial charge is 0.450 e. The smallest absolute Gasteiger partial charge is 0.355 e. The van der Waals surface area contributed by atoms with Crippen molar-refractivity contribution in [3.05, 3.63) is 77.0 Å². The van der Waals surface area contributed by atoms with Crippen LogP contribution >= 0.6 is 0 Å². The maximum absolute atomic E-state index is 12.7. The van der Waals surface area contributed by atoms with Crippen LogP contribution in [0.4, 0.5) is 0 Å². The lowest BCUT2D eigenvalue weighted by Gasteiger charge is -2.19. The van der Waals surface area contributed by atoms with Crippen molar-refractivity contribution >= 4 is 23.7 Å². The predicted molar refractivity (Wildman–Crippen MR) is 113 cm³/mol. The molecule has 0 aliphatic carbocycles. The normalized spacial score (nSPS) is 12.8. The van der Waals surface area contributed by atoms with Crippen LogP contribution in [0.15, 0.2) is 60.3 Å². The van der Waals surface area contributed by atoms with Crippen LogP contribution in [0.3, 0.4) is 0 Å². The molecule has 5 heteroatoms. The molecule has 0 spiro atoms. The van der Waals surface area contributed by atoms with Gasteiger partial charge in [-0.05, 0) is 29.5 Å². The van der Waals surface area contributed by atoms with Crippen LogP contribution in [-0.4, -0.2) is 23.8 Å². The molecule has 0 radical (unpaired) electrons. The SMILES string of the molecule is CC(=O)N/C(=C\c1ccccc1)C(=O)O[C@@H](C)C(=O)c1ccc(C(C)(C)C)cc1. The summed E-state index contributed by atoms with van der Waals surface area (Å²) >= 11 is 0. The third-order valence-corrected chi connectivity index (χ3v) is 4.33. The summed E-state index contributed by atoms with van der Waals surface area (Å²) in [5, 5.41) is 2.47. The molecule has 29 heavy (non-hydrogen) atoms. The number of amides is 1. The zero-order valence-corrected chi connectivity index (χ0v) is 17.5. The number of Topliss-reactive ketones (excluding diaryl/α,β-unsaturated/α-hetero) is 1. The summed E-state index contributed by atoms with van der Waals surface area (Å²) in [6.07, 6.45) is 0.523. The molecule has 0 heterocycles. The molecule has 1 amide bonds. The standard InChI is InChI=1S/C24H27NO4/c1-16(22(27)19-11-13-20(14-12-19)24(3,4)5)29-23(28)21(25-17(2)26)15-18-9-7-6-8-10-18/h6-16H,1-5H3,(H,25,26)/b21-15-/t16-/m0/s1. The molecule has 0 aromatic heterocycles. The van der Waals surface area contributed by atoms with Crippen molar-refractivity contribution in [2.45, 2.75) is 46.1 Å². The summed E-state index contributed by atoms with van der Waals surface area (Å²) < 4.78 is 5.33. The van der Waals surface area contributed by atoms with Crippen LogP contribution in [0, 0.1) is 0 Å². The molecule has 0 saturated heterocycles. The van der Waals surface area contributed by atoms with Gasteiger partial charge in [0.2, 0.25) is 11.7 Å². The van der Waals surface area contributed by atoms with Gasteiger partial charge < -0.3 is 10.1 Å². The van der Waals surface area contributed by atoms with Gasteiger partial charge >= 0.3 is 5.97 Å². The van der Waals surface area contributed by atoms with E-state index in [1.165, 1.54) is 19.9 Å². The van der Waals surface area contributed by atoms with E-state index in [2.05, 4.69) is 26.1 Å². The summed E-state index contributed by atoms with van der Waals surface area (Å²) in [4.78, 5) is 36.7. The molecular weight excluding hydrogens is 366 g/mol. The Balaban J connectivity index is 2.15. The van der Waals surface area contributed by atoms with Gasteiger partial charge in [-0.1, -0.05) is 75.4 Å². The van der Waals surface area contributed by atoms with E-state index in [9.17, 15) is 14.4 Å². The van der Waals surface area contributed by atoms with Gasteiger partial charge in [0.1, 0.15) is 5.70 Å². The van der Waals surface area contributed by atoms with Gasteiger partial charge in [-0.2, -0.15) is 0 Å². The van der Waals surface area contributed by atoms with Crippen LogP contribution in [0.1, 0.15) is 56.1 Å². The van der Waals surface area contributed by atoms with Gasteiger partial charge in [0, 0.05) is 12.5 Å². The van der Waals surface area contributed by atoms with E-state index < -0.39 is 18.0 Å². The minimum absolute atomic E-state index is 0.0187. The molecule has 2 aromatic carbocycles. The van der Waals surface area contributed by atoms with Crippen molar-refractivity contribution in [1.29, 1.82) is 0 Å². The number of ether oxygens (including phenoxy) is 1. The quantitative estimate of drug-likeness (QED) is 0.452. The third-order valence-electron chi connectivity index (χ3n) is 4.33. The van der Waals surface area contributed by atoms with E-state index in [0.29, 0.717) is 5.56 Å². The van der Waals surface area contributed by atoms with Crippen LogP contribution in [-0.2, 0) is 19.7 Å².